The predicted octanol–water partition coefficient (Wildman–Crippen LogP) is 5.23. The molecule has 0 atom stereocenters. The van der Waals surface area contributed by atoms with Gasteiger partial charge in [0.25, 0.3) is 5.69 Å². The molecule has 2 aromatic carbocycles. The zero-order valence-electron chi connectivity index (χ0n) is 18.4. The van der Waals surface area contributed by atoms with Gasteiger partial charge in [0.05, 0.1) is 4.92 Å². The lowest BCUT2D eigenvalue weighted by atomic mass is 9.78. The monoisotopic (exact) mass is 410 g/mol. The van der Waals surface area contributed by atoms with E-state index >= 15 is 0 Å². The van der Waals surface area contributed by atoms with Gasteiger partial charge < -0.3 is 10.4 Å². The van der Waals surface area contributed by atoms with E-state index in [0.29, 0.717) is 5.75 Å². The van der Waals surface area contributed by atoms with Gasteiger partial charge in [-0.05, 0) is 40.2 Å². The number of phenolic OH excluding ortho intramolecular Hbond substituents is 1. The summed E-state index contributed by atoms with van der Waals surface area (Å²) in [6.45, 7) is 12.5. The van der Waals surface area contributed by atoms with E-state index in [1.807, 2.05) is 53.7 Å². The van der Waals surface area contributed by atoms with E-state index in [2.05, 4.69) is 5.32 Å². The van der Waals surface area contributed by atoms with Crippen molar-refractivity contribution in [1.82, 2.24) is 5.32 Å². The first-order valence-corrected chi connectivity index (χ1v) is 9.86. The van der Waals surface area contributed by atoms with Crippen molar-refractivity contribution < 1.29 is 14.8 Å². The van der Waals surface area contributed by atoms with Crippen LogP contribution in [0.15, 0.2) is 42.5 Å². The van der Waals surface area contributed by atoms with Crippen molar-refractivity contribution in [2.24, 2.45) is 0 Å². The Labute approximate surface area is 177 Å². The lowest BCUT2D eigenvalue weighted by Crippen LogP contribution is -2.20. The molecule has 0 aliphatic carbocycles. The molecule has 0 unspecified atom stereocenters. The van der Waals surface area contributed by atoms with Crippen LogP contribution in [0.4, 0.5) is 5.69 Å². The van der Waals surface area contributed by atoms with E-state index in [-0.39, 0.29) is 29.0 Å². The third kappa shape index (κ3) is 5.92. The smallest absolute Gasteiger partial charge is 0.269 e. The van der Waals surface area contributed by atoms with Gasteiger partial charge in [-0.3, -0.25) is 14.9 Å². The van der Waals surface area contributed by atoms with Gasteiger partial charge in [-0.15, -0.1) is 0 Å². The summed E-state index contributed by atoms with van der Waals surface area (Å²) in [5.74, 6) is 0.0332. The fraction of sp³-hybridized carbons (Fsp3) is 0.375. The number of carbonyl (C=O) groups is 1. The van der Waals surface area contributed by atoms with Gasteiger partial charge in [0.1, 0.15) is 5.75 Å². The Morgan fingerprint density at radius 3 is 1.97 bits per heavy atom. The maximum atomic E-state index is 12.2. The topological polar surface area (TPSA) is 92.5 Å². The van der Waals surface area contributed by atoms with Crippen molar-refractivity contribution in [3.05, 3.63) is 74.8 Å². The van der Waals surface area contributed by atoms with Crippen LogP contribution in [0.25, 0.3) is 6.08 Å². The van der Waals surface area contributed by atoms with E-state index in [9.17, 15) is 20.0 Å². The molecule has 0 aromatic heterocycles. The standard InChI is InChI=1S/C24H30N2O4/c1-23(2,3)19-13-17(14-20(22(19)28)24(4,5)6)9-12-21(27)25-15-16-7-10-18(11-8-16)26(29)30/h7-14,28H,15H2,1-6H3,(H,25,27)/b12-9+. The average molecular weight is 411 g/mol. The van der Waals surface area contributed by atoms with Gasteiger partial charge in [-0.2, -0.15) is 0 Å². The Kier molecular flexibility index (Phi) is 6.70. The summed E-state index contributed by atoms with van der Waals surface area (Å²) < 4.78 is 0. The van der Waals surface area contributed by atoms with Crippen LogP contribution in [0.1, 0.15) is 63.8 Å². The minimum atomic E-state index is -0.458. The SMILES string of the molecule is CC(C)(C)c1cc(/C=C/C(=O)NCc2ccc([N+](=O)[O-])cc2)cc(C(C)(C)C)c1O. The number of nitrogens with zero attached hydrogens (tertiary/aromatic N) is 1. The molecule has 0 saturated carbocycles. The Morgan fingerprint density at radius 1 is 1.03 bits per heavy atom. The quantitative estimate of drug-likeness (QED) is 0.401. The molecule has 0 radical (unpaired) electrons. The molecule has 0 aliphatic rings. The number of hydrogen-bond donors (Lipinski definition) is 2. The van der Waals surface area contributed by atoms with Crippen molar-refractivity contribution in [2.45, 2.75) is 58.9 Å². The van der Waals surface area contributed by atoms with Crippen LogP contribution < -0.4 is 5.32 Å². The fourth-order valence-electron chi connectivity index (χ4n) is 3.05. The van der Waals surface area contributed by atoms with E-state index in [1.54, 1.807) is 18.2 Å². The summed E-state index contributed by atoms with van der Waals surface area (Å²) in [5, 5.41) is 24.3. The van der Waals surface area contributed by atoms with Gasteiger partial charge in [0.2, 0.25) is 5.91 Å². The molecule has 0 heterocycles. The minimum Gasteiger partial charge on any atom is -0.507 e. The van der Waals surface area contributed by atoms with Crippen LogP contribution in [0.2, 0.25) is 0 Å². The number of nitro groups is 1. The van der Waals surface area contributed by atoms with Crippen molar-refractivity contribution in [1.29, 1.82) is 0 Å². The first-order chi connectivity index (χ1) is 13.8. The maximum absolute atomic E-state index is 12.2. The summed E-state index contributed by atoms with van der Waals surface area (Å²) in [6, 6.07) is 9.88. The van der Waals surface area contributed by atoms with E-state index in [0.717, 1.165) is 22.3 Å². The van der Waals surface area contributed by atoms with Gasteiger partial charge >= 0.3 is 0 Å². The van der Waals surface area contributed by atoms with Gasteiger partial charge in [0, 0.05) is 35.9 Å². The zero-order valence-corrected chi connectivity index (χ0v) is 18.4. The second kappa shape index (κ2) is 8.69. The molecule has 0 fully saturated rings. The summed E-state index contributed by atoms with van der Waals surface area (Å²) in [7, 11) is 0. The number of nitro benzene ring substituents is 1. The molecule has 6 heteroatoms. The highest BCUT2D eigenvalue weighted by Gasteiger charge is 2.26. The third-order valence-electron chi connectivity index (χ3n) is 4.79. The number of aromatic hydroxyl groups is 1. The number of carbonyl (C=O) groups excluding carboxylic acids is 1. The van der Waals surface area contributed by atoms with Crippen LogP contribution in [0, 0.1) is 10.1 Å². The van der Waals surface area contributed by atoms with Crippen LogP contribution in [-0.4, -0.2) is 15.9 Å². The Hall–Kier alpha value is -3.15. The van der Waals surface area contributed by atoms with Crippen LogP contribution in [-0.2, 0) is 22.2 Å². The van der Waals surface area contributed by atoms with E-state index < -0.39 is 4.92 Å². The molecule has 0 aliphatic heterocycles. The van der Waals surface area contributed by atoms with Gasteiger partial charge in [-0.25, -0.2) is 0 Å². The number of benzene rings is 2. The normalized spacial score (nSPS) is 12.2. The van der Waals surface area contributed by atoms with E-state index in [4.69, 9.17) is 0 Å². The predicted molar refractivity (Wildman–Crippen MR) is 119 cm³/mol. The molecule has 2 aromatic rings. The Morgan fingerprint density at radius 2 is 1.53 bits per heavy atom. The number of non-ortho nitro benzene ring substituents is 1. The number of rotatable bonds is 5. The van der Waals surface area contributed by atoms with E-state index in [1.165, 1.54) is 18.2 Å². The van der Waals surface area contributed by atoms with Crippen LogP contribution in [0.5, 0.6) is 5.75 Å². The summed E-state index contributed by atoms with van der Waals surface area (Å²) in [6.07, 6.45) is 3.19. The number of phenols is 1. The largest absolute Gasteiger partial charge is 0.507 e. The summed E-state index contributed by atoms with van der Waals surface area (Å²) in [4.78, 5) is 22.5. The lowest BCUT2D eigenvalue weighted by molar-refractivity contribution is -0.384. The molecule has 0 spiro atoms. The van der Waals surface area contributed by atoms with Crippen molar-refractivity contribution in [2.75, 3.05) is 0 Å². The van der Waals surface area contributed by atoms with Crippen LogP contribution >= 0.6 is 0 Å². The number of amides is 1. The zero-order chi connectivity index (χ0) is 22.7. The third-order valence-corrected chi connectivity index (χ3v) is 4.79. The lowest BCUT2D eigenvalue weighted by Gasteiger charge is -2.27. The first kappa shape index (κ1) is 23.1. The van der Waals surface area contributed by atoms with Crippen LogP contribution in [0.3, 0.4) is 0 Å². The maximum Gasteiger partial charge on any atom is 0.269 e. The second-order valence-corrected chi connectivity index (χ2v) is 9.44. The molecule has 2 rings (SSSR count). The number of hydrogen-bond acceptors (Lipinski definition) is 4. The van der Waals surface area contributed by atoms with Crippen molar-refractivity contribution in [3.8, 4) is 5.75 Å². The molecule has 0 saturated heterocycles. The molecule has 6 nitrogen and oxygen atoms in total. The van der Waals surface area contributed by atoms with Crippen molar-refractivity contribution in [3.63, 3.8) is 0 Å². The molecular weight excluding hydrogens is 380 g/mol. The highest BCUT2D eigenvalue weighted by atomic mass is 16.6. The summed E-state index contributed by atoms with van der Waals surface area (Å²) in [5.41, 5.74) is 2.81. The van der Waals surface area contributed by atoms with Crippen molar-refractivity contribution >= 4 is 17.7 Å². The molecule has 160 valence electrons. The second-order valence-electron chi connectivity index (χ2n) is 9.44. The minimum absolute atomic E-state index is 0.0154. The van der Waals surface area contributed by atoms with Gasteiger partial charge in [-0.1, -0.05) is 53.7 Å². The van der Waals surface area contributed by atoms with Gasteiger partial charge in [0.15, 0.2) is 0 Å². The Balaban J connectivity index is 2.18. The highest BCUT2D eigenvalue weighted by Crippen LogP contribution is 2.40. The molecular formula is C24H30N2O4. The molecule has 2 N–H and O–H groups in total. The Bertz CT molecular complexity index is 927. The average Bonchev–Trinajstić information content (AvgIpc) is 2.63. The first-order valence-electron chi connectivity index (χ1n) is 9.86. The molecule has 0 bridgehead atoms. The highest BCUT2D eigenvalue weighted by molar-refractivity contribution is 5.91. The molecule has 30 heavy (non-hydrogen) atoms. The fourth-order valence-corrected chi connectivity index (χ4v) is 3.05. The molecule has 1 amide bonds. The number of nitrogens with one attached hydrogen (secondary N) is 1. The summed E-state index contributed by atoms with van der Waals surface area (Å²) >= 11 is 0.